The molecule has 5 nitrogen and oxygen atoms in total. The molecule has 2 aliphatic heterocycles. The molecule has 3 rings (SSSR count). The van der Waals surface area contributed by atoms with Crippen LogP contribution in [0.4, 0.5) is 0 Å². The van der Waals surface area contributed by atoms with Gasteiger partial charge in [0.1, 0.15) is 5.01 Å². The van der Waals surface area contributed by atoms with Crippen molar-refractivity contribution in [2.24, 2.45) is 11.8 Å². The van der Waals surface area contributed by atoms with Gasteiger partial charge in [-0.25, -0.2) is 13.4 Å². The van der Waals surface area contributed by atoms with E-state index in [4.69, 9.17) is 0 Å². The Morgan fingerprint density at radius 2 is 1.91 bits per heavy atom. The van der Waals surface area contributed by atoms with Crippen LogP contribution in [0.2, 0.25) is 0 Å². The fourth-order valence-corrected chi connectivity index (χ4v) is 6.83. The van der Waals surface area contributed by atoms with Crippen LogP contribution in [-0.2, 0) is 21.1 Å². The highest BCUT2D eigenvalue weighted by Gasteiger charge is 2.44. The smallest absolute Gasteiger partial charge is 0.229 e. The Morgan fingerprint density at radius 1 is 1.32 bits per heavy atom. The van der Waals surface area contributed by atoms with Crippen LogP contribution in [0.1, 0.15) is 35.3 Å². The highest BCUT2D eigenvalue weighted by atomic mass is 32.2. The maximum absolute atomic E-state index is 12.4. The fourth-order valence-electron chi connectivity index (χ4n) is 3.56. The van der Waals surface area contributed by atoms with Gasteiger partial charge in [0, 0.05) is 18.0 Å². The largest absolute Gasteiger partial charge is 0.342 e. The van der Waals surface area contributed by atoms with Gasteiger partial charge in [-0.1, -0.05) is 13.8 Å². The Morgan fingerprint density at radius 3 is 2.41 bits per heavy atom. The molecule has 22 heavy (non-hydrogen) atoms. The lowest BCUT2D eigenvalue weighted by Crippen LogP contribution is -2.32. The van der Waals surface area contributed by atoms with Gasteiger partial charge in [-0.15, -0.1) is 11.3 Å². The van der Waals surface area contributed by atoms with Gasteiger partial charge in [0.15, 0.2) is 9.84 Å². The molecule has 0 aliphatic carbocycles. The summed E-state index contributed by atoms with van der Waals surface area (Å²) < 4.78 is 23.2. The van der Waals surface area contributed by atoms with Gasteiger partial charge < -0.3 is 4.90 Å². The third-order valence-corrected chi connectivity index (χ3v) is 7.45. The SMILES string of the molecule is Cc1sc(CC(=O)N2C[C@@H]3CS(=O)(=O)C[C@@H]3C2)nc1C(C)C. The molecule has 122 valence electrons. The van der Waals surface area contributed by atoms with Crippen LogP contribution < -0.4 is 0 Å². The number of carbonyl (C=O) groups excluding carboxylic acids is 1. The number of sulfone groups is 1. The van der Waals surface area contributed by atoms with Gasteiger partial charge in [0.05, 0.1) is 23.6 Å². The quantitative estimate of drug-likeness (QED) is 0.837. The lowest BCUT2D eigenvalue weighted by Gasteiger charge is -2.16. The Balaban J connectivity index is 1.63. The van der Waals surface area contributed by atoms with E-state index in [0.29, 0.717) is 25.4 Å². The van der Waals surface area contributed by atoms with Gasteiger partial charge in [-0.05, 0) is 24.7 Å². The maximum atomic E-state index is 12.4. The van der Waals surface area contributed by atoms with Crippen molar-refractivity contribution in [1.82, 2.24) is 9.88 Å². The van der Waals surface area contributed by atoms with Crippen LogP contribution in [0.5, 0.6) is 0 Å². The third kappa shape index (κ3) is 3.06. The molecule has 7 heteroatoms. The first-order valence-corrected chi connectivity index (χ1v) is 10.3. The summed E-state index contributed by atoms with van der Waals surface area (Å²) in [6.45, 7) is 7.44. The van der Waals surface area contributed by atoms with E-state index in [1.54, 1.807) is 11.3 Å². The maximum Gasteiger partial charge on any atom is 0.229 e. The average Bonchev–Trinajstić information content (AvgIpc) is 2.99. The summed E-state index contributed by atoms with van der Waals surface area (Å²) in [5, 5.41) is 0.871. The topological polar surface area (TPSA) is 67.3 Å². The summed E-state index contributed by atoms with van der Waals surface area (Å²) in [7, 11) is -2.87. The summed E-state index contributed by atoms with van der Waals surface area (Å²) in [5.74, 6) is 1.22. The zero-order chi connectivity index (χ0) is 16.1. The van der Waals surface area contributed by atoms with E-state index in [-0.39, 0.29) is 29.2 Å². The highest BCUT2D eigenvalue weighted by Crippen LogP contribution is 2.33. The van der Waals surface area contributed by atoms with E-state index < -0.39 is 9.84 Å². The molecule has 2 atom stereocenters. The number of nitrogens with zero attached hydrogens (tertiary/aromatic N) is 2. The fraction of sp³-hybridized carbons (Fsp3) is 0.733. The molecule has 0 N–H and O–H groups in total. The van der Waals surface area contributed by atoms with Gasteiger partial charge in [0.2, 0.25) is 5.91 Å². The molecule has 0 saturated carbocycles. The summed E-state index contributed by atoms with van der Waals surface area (Å²) in [5.41, 5.74) is 1.08. The summed E-state index contributed by atoms with van der Waals surface area (Å²) in [6, 6.07) is 0. The highest BCUT2D eigenvalue weighted by molar-refractivity contribution is 7.91. The van der Waals surface area contributed by atoms with Gasteiger partial charge in [0.25, 0.3) is 0 Å². The molecule has 1 aromatic heterocycles. The number of fused-ring (bicyclic) bond motifs is 1. The molecule has 2 aliphatic rings. The first-order chi connectivity index (χ1) is 10.2. The molecule has 1 amide bonds. The predicted molar refractivity (Wildman–Crippen MR) is 86.9 cm³/mol. The molecule has 1 aromatic rings. The van der Waals surface area contributed by atoms with Crippen LogP contribution in [0.3, 0.4) is 0 Å². The zero-order valence-corrected chi connectivity index (χ0v) is 14.8. The molecule has 3 heterocycles. The van der Waals surface area contributed by atoms with Gasteiger partial charge in [-0.3, -0.25) is 4.79 Å². The minimum atomic E-state index is -2.87. The molecule has 2 saturated heterocycles. The normalized spacial score (nSPS) is 26.6. The van der Waals surface area contributed by atoms with E-state index in [1.165, 1.54) is 4.88 Å². The lowest BCUT2D eigenvalue weighted by atomic mass is 10.0. The van der Waals surface area contributed by atoms with Crippen LogP contribution in [0, 0.1) is 18.8 Å². The summed E-state index contributed by atoms with van der Waals surface area (Å²) in [4.78, 5) is 20.0. The van der Waals surface area contributed by atoms with Crippen LogP contribution >= 0.6 is 11.3 Å². The average molecular weight is 342 g/mol. The van der Waals surface area contributed by atoms with Crippen LogP contribution in [-0.4, -0.2) is 48.8 Å². The van der Waals surface area contributed by atoms with Crippen molar-refractivity contribution in [2.45, 2.75) is 33.1 Å². The van der Waals surface area contributed by atoms with Crippen molar-refractivity contribution >= 4 is 27.1 Å². The van der Waals surface area contributed by atoms with Crippen molar-refractivity contribution in [2.75, 3.05) is 24.6 Å². The van der Waals surface area contributed by atoms with Crippen molar-refractivity contribution < 1.29 is 13.2 Å². The van der Waals surface area contributed by atoms with Crippen LogP contribution in [0.15, 0.2) is 0 Å². The number of thiazole rings is 1. The predicted octanol–water partition coefficient (Wildman–Crippen LogP) is 1.62. The van der Waals surface area contributed by atoms with E-state index in [2.05, 4.69) is 18.8 Å². The van der Waals surface area contributed by atoms with Crippen molar-refractivity contribution in [3.8, 4) is 0 Å². The molecule has 0 aromatic carbocycles. The van der Waals surface area contributed by atoms with E-state index in [9.17, 15) is 13.2 Å². The second kappa shape index (κ2) is 5.60. The molecular weight excluding hydrogens is 320 g/mol. The van der Waals surface area contributed by atoms with Crippen molar-refractivity contribution in [3.63, 3.8) is 0 Å². The number of amides is 1. The Kier molecular flexibility index (Phi) is 4.05. The number of likely N-dealkylation sites (tertiary alicyclic amines) is 1. The molecular formula is C15H22N2O3S2. The van der Waals surface area contributed by atoms with Crippen molar-refractivity contribution in [3.05, 3.63) is 15.6 Å². The van der Waals surface area contributed by atoms with Gasteiger partial charge in [-0.2, -0.15) is 0 Å². The monoisotopic (exact) mass is 342 g/mol. The Bertz CT molecular complexity index is 674. The van der Waals surface area contributed by atoms with Gasteiger partial charge >= 0.3 is 0 Å². The first-order valence-electron chi connectivity index (χ1n) is 7.69. The van der Waals surface area contributed by atoms with E-state index in [0.717, 1.165) is 10.7 Å². The second-order valence-corrected chi connectivity index (χ2v) is 10.2. The standard InChI is InChI=1S/C15H22N2O3S2/c1-9(2)15-10(3)21-13(16-15)4-14(18)17-5-11-7-22(19,20)8-12(11)6-17/h9,11-12H,4-8H2,1-3H3/t11-,12+. The zero-order valence-electron chi connectivity index (χ0n) is 13.2. The Hall–Kier alpha value is -0.950. The van der Waals surface area contributed by atoms with Crippen molar-refractivity contribution in [1.29, 1.82) is 0 Å². The summed E-state index contributed by atoms with van der Waals surface area (Å²) in [6.07, 6.45) is 0.338. The molecule has 2 fully saturated rings. The second-order valence-electron chi connectivity index (χ2n) is 6.78. The van der Waals surface area contributed by atoms with E-state index >= 15 is 0 Å². The number of hydrogen-bond donors (Lipinski definition) is 0. The number of rotatable bonds is 3. The molecule has 0 radical (unpaired) electrons. The number of aromatic nitrogens is 1. The lowest BCUT2D eigenvalue weighted by molar-refractivity contribution is -0.129. The Labute approximate surface area is 135 Å². The minimum Gasteiger partial charge on any atom is -0.342 e. The van der Waals surface area contributed by atoms with Crippen LogP contribution in [0.25, 0.3) is 0 Å². The molecule has 0 unspecified atom stereocenters. The van der Waals surface area contributed by atoms with E-state index in [1.807, 2.05) is 11.8 Å². The number of carbonyl (C=O) groups is 1. The number of hydrogen-bond acceptors (Lipinski definition) is 5. The molecule has 0 spiro atoms. The first kappa shape index (κ1) is 15.9. The third-order valence-electron chi connectivity index (χ3n) is 4.59. The minimum absolute atomic E-state index is 0.0795. The number of aryl methyl sites for hydroxylation is 1. The summed E-state index contributed by atoms with van der Waals surface area (Å²) >= 11 is 1.60. The molecule has 0 bridgehead atoms.